The van der Waals surface area contributed by atoms with Crippen molar-refractivity contribution in [1.82, 2.24) is 34.8 Å². The highest BCUT2D eigenvalue weighted by Crippen LogP contribution is 2.25. The van der Waals surface area contributed by atoms with E-state index < -0.39 is 5.60 Å². The van der Waals surface area contributed by atoms with E-state index in [1.54, 1.807) is 6.33 Å². The van der Waals surface area contributed by atoms with Crippen LogP contribution in [0.3, 0.4) is 0 Å². The zero-order chi connectivity index (χ0) is 17.4. The van der Waals surface area contributed by atoms with Gasteiger partial charge in [-0.15, -0.1) is 10.2 Å². The summed E-state index contributed by atoms with van der Waals surface area (Å²) in [6, 6.07) is 0. The van der Waals surface area contributed by atoms with E-state index >= 15 is 0 Å². The smallest absolute Gasteiger partial charge is 0.156 e. The van der Waals surface area contributed by atoms with Gasteiger partial charge in [-0.3, -0.25) is 10.00 Å². The molecule has 1 atom stereocenters. The molecular weight excluding hydrogens is 306 g/mol. The van der Waals surface area contributed by atoms with Crippen molar-refractivity contribution in [2.45, 2.75) is 57.6 Å². The molecule has 8 nitrogen and oxygen atoms in total. The van der Waals surface area contributed by atoms with Gasteiger partial charge in [0.25, 0.3) is 0 Å². The summed E-state index contributed by atoms with van der Waals surface area (Å²) in [7, 11) is 1.90. The highest BCUT2D eigenvalue weighted by molar-refractivity contribution is 5.03. The topological polar surface area (TPSA) is 95.8 Å². The summed E-state index contributed by atoms with van der Waals surface area (Å²) < 4.78 is 1.86. The summed E-state index contributed by atoms with van der Waals surface area (Å²) in [6.45, 7) is 8.52. The maximum absolute atomic E-state index is 11.0. The van der Waals surface area contributed by atoms with Crippen LogP contribution in [0.2, 0.25) is 0 Å². The Labute approximate surface area is 142 Å². The SMILES string of the molecule is Cn1cnnc1CC1(O)CCCN(Cc2nc(C(C)(C)C)n[nH]2)C1. The van der Waals surface area contributed by atoms with Crippen LogP contribution in [-0.2, 0) is 25.4 Å². The normalized spacial score (nSPS) is 22.9. The van der Waals surface area contributed by atoms with Crippen molar-refractivity contribution in [2.75, 3.05) is 13.1 Å². The number of hydrogen-bond acceptors (Lipinski definition) is 6. The van der Waals surface area contributed by atoms with Gasteiger partial charge >= 0.3 is 0 Å². The zero-order valence-corrected chi connectivity index (χ0v) is 15.0. The second-order valence-corrected chi connectivity index (χ2v) is 7.93. The summed E-state index contributed by atoms with van der Waals surface area (Å²) in [5, 5.41) is 26.3. The van der Waals surface area contributed by atoms with Crippen molar-refractivity contribution in [1.29, 1.82) is 0 Å². The number of H-pyrrole nitrogens is 1. The van der Waals surface area contributed by atoms with Crippen LogP contribution in [0, 0.1) is 0 Å². The fourth-order valence-corrected chi connectivity index (χ4v) is 3.16. The summed E-state index contributed by atoms with van der Waals surface area (Å²) in [4.78, 5) is 6.83. The Morgan fingerprint density at radius 1 is 1.38 bits per heavy atom. The van der Waals surface area contributed by atoms with Gasteiger partial charge in [-0.2, -0.15) is 5.10 Å². The van der Waals surface area contributed by atoms with Crippen molar-refractivity contribution in [3.05, 3.63) is 23.8 Å². The van der Waals surface area contributed by atoms with Gasteiger partial charge in [0.1, 0.15) is 18.0 Å². The lowest BCUT2D eigenvalue weighted by Gasteiger charge is -2.38. The molecule has 0 aromatic carbocycles. The maximum atomic E-state index is 11.0. The molecule has 1 saturated heterocycles. The molecule has 1 aliphatic rings. The van der Waals surface area contributed by atoms with E-state index in [1.165, 1.54) is 0 Å². The van der Waals surface area contributed by atoms with E-state index in [9.17, 15) is 5.11 Å². The number of hydrogen-bond donors (Lipinski definition) is 2. The van der Waals surface area contributed by atoms with Crippen LogP contribution >= 0.6 is 0 Å². The lowest BCUT2D eigenvalue weighted by molar-refractivity contribution is -0.0350. The highest BCUT2D eigenvalue weighted by atomic mass is 16.3. The molecule has 0 spiro atoms. The maximum Gasteiger partial charge on any atom is 0.156 e. The van der Waals surface area contributed by atoms with E-state index in [1.807, 2.05) is 11.6 Å². The van der Waals surface area contributed by atoms with Gasteiger partial charge in [-0.1, -0.05) is 20.8 Å². The standard InChI is InChI=1S/C16H27N7O/c1-15(2,3)14-18-12(19-21-14)9-23-7-5-6-16(24,10-23)8-13-20-17-11-22(13)4/h11,24H,5-10H2,1-4H3,(H,18,19,21). The van der Waals surface area contributed by atoms with Gasteiger partial charge in [0.15, 0.2) is 5.82 Å². The molecule has 8 heteroatoms. The van der Waals surface area contributed by atoms with Gasteiger partial charge < -0.3 is 9.67 Å². The molecule has 3 rings (SSSR count). The molecule has 3 heterocycles. The van der Waals surface area contributed by atoms with Crippen molar-refractivity contribution >= 4 is 0 Å². The Kier molecular flexibility index (Phi) is 4.44. The molecule has 2 N–H and O–H groups in total. The molecule has 0 saturated carbocycles. The number of β-amino-alcohol motifs (C(OH)–C–C–N with tert-alkyl or cyclic N) is 1. The van der Waals surface area contributed by atoms with E-state index in [2.05, 4.69) is 51.0 Å². The van der Waals surface area contributed by atoms with Gasteiger partial charge in [0.2, 0.25) is 0 Å². The molecule has 1 aliphatic heterocycles. The minimum atomic E-state index is -0.772. The van der Waals surface area contributed by atoms with Crippen molar-refractivity contribution in [3.8, 4) is 0 Å². The minimum Gasteiger partial charge on any atom is -0.388 e. The first kappa shape index (κ1) is 17.0. The van der Waals surface area contributed by atoms with Gasteiger partial charge in [0.05, 0.1) is 12.1 Å². The largest absolute Gasteiger partial charge is 0.388 e. The first-order valence-corrected chi connectivity index (χ1v) is 8.45. The second kappa shape index (κ2) is 6.25. The fourth-order valence-electron chi connectivity index (χ4n) is 3.16. The van der Waals surface area contributed by atoms with Crippen LogP contribution in [0.4, 0.5) is 0 Å². The monoisotopic (exact) mass is 333 g/mol. The summed E-state index contributed by atoms with van der Waals surface area (Å²) in [5.74, 6) is 2.49. The van der Waals surface area contributed by atoms with Gasteiger partial charge in [-0.25, -0.2) is 4.98 Å². The number of aromatic nitrogens is 6. The van der Waals surface area contributed by atoms with Crippen LogP contribution < -0.4 is 0 Å². The first-order chi connectivity index (χ1) is 11.3. The average Bonchev–Trinajstić information content (AvgIpc) is 3.08. The molecule has 0 bridgehead atoms. The Bertz CT molecular complexity index is 687. The van der Waals surface area contributed by atoms with Crippen LogP contribution in [0.25, 0.3) is 0 Å². The molecular formula is C16H27N7O. The molecule has 2 aromatic heterocycles. The third-order valence-electron chi connectivity index (χ3n) is 4.50. The number of aliphatic hydroxyl groups is 1. The van der Waals surface area contributed by atoms with Crippen LogP contribution in [-0.4, -0.2) is 58.6 Å². The van der Waals surface area contributed by atoms with Gasteiger partial charge in [0, 0.05) is 25.4 Å². The molecule has 1 unspecified atom stereocenters. The van der Waals surface area contributed by atoms with E-state index in [4.69, 9.17) is 0 Å². The minimum absolute atomic E-state index is 0.0669. The number of aryl methyl sites for hydroxylation is 1. The highest BCUT2D eigenvalue weighted by Gasteiger charge is 2.35. The van der Waals surface area contributed by atoms with Crippen molar-refractivity contribution in [3.63, 3.8) is 0 Å². The third kappa shape index (κ3) is 3.81. The summed E-state index contributed by atoms with van der Waals surface area (Å²) in [6.07, 6.45) is 3.92. The first-order valence-electron chi connectivity index (χ1n) is 8.45. The summed E-state index contributed by atoms with van der Waals surface area (Å²) in [5.41, 5.74) is -0.839. The predicted molar refractivity (Wildman–Crippen MR) is 89.3 cm³/mol. The third-order valence-corrected chi connectivity index (χ3v) is 4.50. The Morgan fingerprint density at radius 2 is 2.17 bits per heavy atom. The molecule has 0 amide bonds. The molecule has 0 radical (unpaired) electrons. The van der Waals surface area contributed by atoms with E-state index in [0.717, 1.165) is 36.9 Å². The van der Waals surface area contributed by atoms with Crippen molar-refractivity contribution in [2.24, 2.45) is 7.05 Å². The Morgan fingerprint density at radius 3 is 2.79 bits per heavy atom. The average molecular weight is 333 g/mol. The number of rotatable bonds is 4. The second-order valence-electron chi connectivity index (χ2n) is 7.93. The summed E-state index contributed by atoms with van der Waals surface area (Å²) >= 11 is 0. The molecule has 0 aliphatic carbocycles. The fraction of sp³-hybridized carbons (Fsp3) is 0.750. The van der Waals surface area contributed by atoms with E-state index in [-0.39, 0.29) is 5.41 Å². The molecule has 24 heavy (non-hydrogen) atoms. The molecule has 1 fully saturated rings. The zero-order valence-electron chi connectivity index (χ0n) is 15.0. The van der Waals surface area contributed by atoms with Crippen LogP contribution in [0.1, 0.15) is 51.1 Å². The van der Waals surface area contributed by atoms with E-state index in [0.29, 0.717) is 19.5 Å². The Hall–Kier alpha value is -1.80. The number of nitrogens with one attached hydrogen (secondary N) is 1. The lowest BCUT2D eigenvalue weighted by Crippen LogP contribution is -2.49. The predicted octanol–water partition coefficient (Wildman–Crippen LogP) is 0.800. The number of likely N-dealkylation sites (tertiary alicyclic amines) is 1. The molecule has 132 valence electrons. The van der Waals surface area contributed by atoms with Crippen LogP contribution in [0.15, 0.2) is 6.33 Å². The van der Waals surface area contributed by atoms with Crippen molar-refractivity contribution < 1.29 is 5.11 Å². The van der Waals surface area contributed by atoms with Crippen LogP contribution in [0.5, 0.6) is 0 Å². The Balaban J connectivity index is 1.65. The lowest BCUT2D eigenvalue weighted by atomic mass is 9.89. The molecule has 2 aromatic rings. The number of aromatic amines is 1. The number of piperidine rings is 1. The quantitative estimate of drug-likeness (QED) is 0.859. The number of nitrogens with zero attached hydrogens (tertiary/aromatic N) is 6. The van der Waals surface area contributed by atoms with Gasteiger partial charge in [-0.05, 0) is 19.4 Å².